The van der Waals surface area contributed by atoms with Gasteiger partial charge in [-0.25, -0.2) is 0 Å². The standard InChI is InChI=1S/C43H48F6N4O5S/c1-4-10-34-41(58-30-25-35(59-26-30)43(47,48)49,17-9-22-53(34)37(55)36-32(42(44,45)46)12-7-21-51-36)38(56)52-23-19-40(27-50,20-24-52)31-11-5-6-13-33(31)57-28(2)14-18-39(29(3)54)15-8-16-39/h5-7,11-13,21,25-26,28,34,54H,3-4,8-10,14-20,22-24H2,1-2H3/t28-,34-,41+/m1/s1. The zero-order valence-corrected chi connectivity index (χ0v) is 33.8. The number of aliphatic hydroxyl groups is 1. The van der Waals surface area contributed by atoms with Crippen LogP contribution in [0.25, 0.3) is 0 Å². The van der Waals surface area contributed by atoms with E-state index in [9.17, 15) is 41.5 Å². The monoisotopic (exact) mass is 846 g/mol. The molecule has 59 heavy (non-hydrogen) atoms. The molecule has 2 aromatic heterocycles. The smallest absolute Gasteiger partial charge is 0.425 e. The summed E-state index contributed by atoms with van der Waals surface area (Å²) in [5.74, 6) is -1.26. The topological polar surface area (TPSA) is 116 Å². The Morgan fingerprint density at radius 3 is 2.34 bits per heavy atom. The number of pyridine rings is 1. The van der Waals surface area contributed by atoms with E-state index >= 15 is 4.79 Å². The van der Waals surface area contributed by atoms with E-state index in [1.807, 2.05) is 13.0 Å². The molecule has 2 amide bonds. The van der Waals surface area contributed by atoms with E-state index in [1.165, 1.54) is 4.90 Å². The molecule has 0 bridgehead atoms. The van der Waals surface area contributed by atoms with Crippen molar-refractivity contribution < 1.29 is 50.5 Å². The molecule has 3 aromatic rings. The Bertz CT molecular complexity index is 2050. The molecule has 1 aromatic carbocycles. The number of aromatic nitrogens is 1. The maximum atomic E-state index is 15.1. The quantitative estimate of drug-likeness (QED) is 0.135. The Balaban J connectivity index is 1.29. The van der Waals surface area contributed by atoms with Crippen LogP contribution in [0.3, 0.4) is 0 Å². The van der Waals surface area contributed by atoms with Gasteiger partial charge < -0.3 is 24.4 Å². The molecule has 1 saturated carbocycles. The molecule has 318 valence electrons. The van der Waals surface area contributed by atoms with Crippen LogP contribution in [0.5, 0.6) is 11.5 Å². The van der Waals surface area contributed by atoms with Crippen molar-refractivity contribution in [1.29, 1.82) is 5.26 Å². The number of hydrogen-bond donors (Lipinski definition) is 1. The fourth-order valence-corrected chi connectivity index (χ4v) is 9.56. The summed E-state index contributed by atoms with van der Waals surface area (Å²) in [6.07, 6.45) is -3.92. The molecule has 0 spiro atoms. The molecule has 0 unspecified atom stereocenters. The summed E-state index contributed by atoms with van der Waals surface area (Å²) < 4.78 is 96.5. The summed E-state index contributed by atoms with van der Waals surface area (Å²) in [6, 6.07) is 11.1. The number of halogens is 6. The summed E-state index contributed by atoms with van der Waals surface area (Å²) in [5, 5.41) is 22.1. The molecular formula is C43H48F6N4O5S. The number of hydrogen-bond acceptors (Lipinski definition) is 8. The predicted molar refractivity (Wildman–Crippen MR) is 208 cm³/mol. The Kier molecular flexibility index (Phi) is 12.7. The first kappa shape index (κ1) is 43.8. The molecule has 6 rings (SSSR count). The lowest BCUT2D eigenvalue weighted by molar-refractivity contribution is -0.160. The van der Waals surface area contributed by atoms with Gasteiger partial charge in [0.25, 0.3) is 11.8 Å². The summed E-state index contributed by atoms with van der Waals surface area (Å²) >= 11 is 0.376. The van der Waals surface area contributed by atoms with E-state index in [1.54, 1.807) is 25.1 Å². The first-order valence-electron chi connectivity index (χ1n) is 19.9. The average Bonchev–Trinajstić information content (AvgIpc) is 3.67. The Morgan fingerprint density at radius 1 is 1.03 bits per heavy atom. The number of alkyl halides is 6. The fraction of sp³-hybridized carbons (Fsp3) is 0.535. The van der Waals surface area contributed by atoms with E-state index in [0.717, 1.165) is 53.9 Å². The van der Waals surface area contributed by atoms with Gasteiger partial charge in [-0.1, -0.05) is 44.5 Å². The number of benzene rings is 1. The van der Waals surface area contributed by atoms with Crippen LogP contribution in [0.1, 0.15) is 111 Å². The summed E-state index contributed by atoms with van der Waals surface area (Å²) in [4.78, 5) is 34.7. The van der Waals surface area contributed by atoms with E-state index in [2.05, 4.69) is 17.6 Å². The maximum Gasteiger partial charge on any atom is 0.425 e. The van der Waals surface area contributed by atoms with Crippen LogP contribution in [0.2, 0.25) is 0 Å². The molecule has 3 atom stereocenters. The number of amides is 2. The minimum atomic E-state index is -4.92. The van der Waals surface area contributed by atoms with Crippen molar-refractivity contribution in [1.82, 2.24) is 14.8 Å². The normalized spacial score (nSPS) is 22.1. The van der Waals surface area contributed by atoms with Crippen molar-refractivity contribution in [2.24, 2.45) is 5.41 Å². The largest absolute Gasteiger partial charge is 0.512 e. The van der Waals surface area contributed by atoms with Crippen LogP contribution in [0.4, 0.5) is 26.3 Å². The predicted octanol–water partition coefficient (Wildman–Crippen LogP) is 10.3. The minimum absolute atomic E-state index is 0.0330. The van der Waals surface area contributed by atoms with Crippen LogP contribution in [-0.4, -0.2) is 69.1 Å². The van der Waals surface area contributed by atoms with Crippen molar-refractivity contribution in [3.8, 4) is 17.6 Å². The second kappa shape index (κ2) is 17.1. The summed E-state index contributed by atoms with van der Waals surface area (Å²) in [5.41, 5.74) is -4.84. The highest BCUT2D eigenvalue weighted by molar-refractivity contribution is 7.10. The lowest BCUT2D eigenvalue weighted by Crippen LogP contribution is -2.68. The number of nitrogens with zero attached hydrogens (tertiary/aromatic N) is 4. The maximum absolute atomic E-state index is 15.1. The number of piperidine rings is 2. The van der Waals surface area contributed by atoms with Gasteiger partial charge in [0.05, 0.1) is 35.0 Å². The number of rotatable bonds is 13. The number of likely N-dealkylation sites (tertiary alicyclic amines) is 2. The zero-order valence-electron chi connectivity index (χ0n) is 33.0. The Morgan fingerprint density at radius 2 is 1.75 bits per heavy atom. The van der Waals surface area contributed by atoms with Crippen molar-refractivity contribution in [3.63, 3.8) is 0 Å². The van der Waals surface area contributed by atoms with Crippen molar-refractivity contribution in [2.45, 2.75) is 120 Å². The molecule has 4 heterocycles. The lowest BCUT2D eigenvalue weighted by atomic mass is 9.65. The Hall–Kier alpha value is -4.78. The second-order valence-corrected chi connectivity index (χ2v) is 16.9. The Labute approximate surface area is 343 Å². The average molecular weight is 847 g/mol. The molecule has 1 aliphatic carbocycles. The highest BCUT2D eigenvalue weighted by atomic mass is 32.1. The lowest BCUT2D eigenvalue weighted by Gasteiger charge is -2.51. The van der Waals surface area contributed by atoms with Gasteiger partial charge in [0, 0.05) is 54.7 Å². The van der Waals surface area contributed by atoms with Gasteiger partial charge in [0.2, 0.25) is 5.60 Å². The molecule has 2 aliphatic heterocycles. The third-order valence-electron chi connectivity index (χ3n) is 12.3. The molecule has 3 fully saturated rings. The van der Waals surface area contributed by atoms with Crippen LogP contribution in [0.15, 0.2) is 66.4 Å². The van der Waals surface area contributed by atoms with Crippen LogP contribution < -0.4 is 9.47 Å². The summed E-state index contributed by atoms with van der Waals surface area (Å²) in [6.45, 7) is 7.49. The third-order valence-corrected chi connectivity index (χ3v) is 13.3. The van der Waals surface area contributed by atoms with Gasteiger partial charge in [-0.05, 0) is 76.5 Å². The number of allylic oxidation sites excluding steroid dienone is 1. The van der Waals surface area contributed by atoms with Gasteiger partial charge in [-0.15, -0.1) is 11.3 Å². The zero-order chi connectivity index (χ0) is 42.8. The SMILES string of the molecule is C=C(O)C1(CC[C@@H](C)Oc2ccccc2C2(C#N)CCN(C(=O)[C@]3(Oc4csc(C(F)(F)F)c4)CCCN(C(=O)c4ncccc4C(F)(F)F)[C@@H]3CCC)CC2)CCC1. The molecule has 2 saturated heterocycles. The third kappa shape index (κ3) is 8.76. The molecule has 16 heteroatoms. The van der Waals surface area contributed by atoms with E-state index in [-0.39, 0.29) is 74.8 Å². The van der Waals surface area contributed by atoms with Gasteiger partial charge in [0.1, 0.15) is 22.1 Å². The minimum Gasteiger partial charge on any atom is -0.512 e. The summed E-state index contributed by atoms with van der Waals surface area (Å²) in [7, 11) is 0. The number of nitriles is 1. The highest BCUT2D eigenvalue weighted by Crippen LogP contribution is 2.50. The van der Waals surface area contributed by atoms with Gasteiger partial charge in [-0.3, -0.25) is 14.6 Å². The molecule has 1 N–H and O–H groups in total. The number of aliphatic hydroxyl groups excluding tert-OH is 1. The van der Waals surface area contributed by atoms with E-state index in [4.69, 9.17) is 9.47 Å². The first-order chi connectivity index (χ1) is 27.9. The number of para-hydroxylation sites is 1. The fourth-order valence-electron chi connectivity index (χ4n) is 8.88. The number of carbonyl (C=O) groups is 2. The molecule has 0 radical (unpaired) electrons. The molecule has 9 nitrogen and oxygen atoms in total. The van der Waals surface area contributed by atoms with Gasteiger partial charge in [0.15, 0.2) is 0 Å². The van der Waals surface area contributed by atoms with Gasteiger partial charge >= 0.3 is 12.4 Å². The van der Waals surface area contributed by atoms with Crippen LogP contribution in [-0.2, 0) is 22.6 Å². The van der Waals surface area contributed by atoms with Gasteiger partial charge in [-0.2, -0.15) is 31.6 Å². The first-order valence-corrected chi connectivity index (χ1v) is 20.8. The van der Waals surface area contributed by atoms with Crippen LogP contribution in [0, 0.1) is 16.7 Å². The number of carbonyl (C=O) groups excluding carboxylic acids is 2. The number of ether oxygens (including phenoxy) is 2. The van der Waals surface area contributed by atoms with Crippen LogP contribution >= 0.6 is 11.3 Å². The van der Waals surface area contributed by atoms with E-state index < -0.39 is 57.4 Å². The van der Waals surface area contributed by atoms with E-state index in [0.29, 0.717) is 41.9 Å². The number of thiophene rings is 1. The second-order valence-electron chi connectivity index (χ2n) is 16.0. The molecular weight excluding hydrogens is 799 g/mol. The highest BCUT2D eigenvalue weighted by Gasteiger charge is 2.57. The van der Waals surface area contributed by atoms with Crippen molar-refractivity contribution in [3.05, 3.63) is 88.1 Å². The van der Waals surface area contributed by atoms with Crippen molar-refractivity contribution >= 4 is 23.2 Å². The molecule has 3 aliphatic rings. The van der Waals surface area contributed by atoms with Crippen molar-refractivity contribution in [2.75, 3.05) is 19.6 Å².